The summed E-state index contributed by atoms with van der Waals surface area (Å²) < 4.78 is 29.3. The SMILES string of the molecule is COc1ccc([C@@H]2C3=C(C[C@H](c4cc(OC)c(OC)c(OC)c4)CC3=O)Nc3ncnn32)c(OC)c1. The fourth-order valence-corrected chi connectivity index (χ4v) is 5.06. The van der Waals surface area contributed by atoms with Crippen molar-refractivity contribution in [1.82, 2.24) is 14.8 Å². The Hall–Kier alpha value is -4.21. The van der Waals surface area contributed by atoms with Crippen LogP contribution in [0.25, 0.3) is 0 Å². The molecule has 10 heteroatoms. The Morgan fingerprint density at radius 3 is 2.25 bits per heavy atom. The van der Waals surface area contributed by atoms with Crippen molar-refractivity contribution in [3.63, 3.8) is 0 Å². The fourth-order valence-electron chi connectivity index (χ4n) is 5.06. The normalized spacial score (nSPS) is 18.6. The molecular formula is C26H28N4O6. The molecule has 2 atom stereocenters. The minimum atomic E-state index is -0.479. The molecule has 36 heavy (non-hydrogen) atoms. The maximum atomic E-state index is 13.8. The Labute approximate surface area is 208 Å². The van der Waals surface area contributed by atoms with Gasteiger partial charge in [-0.2, -0.15) is 10.1 Å². The van der Waals surface area contributed by atoms with E-state index in [9.17, 15) is 4.79 Å². The molecule has 0 fully saturated rings. The lowest BCUT2D eigenvalue weighted by Crippen LogP contribution is -2.33. The monoisotopic (exact) mass is 492 g/mol. The van der Waals surface area contributed by atoms with Gasteiger partial charge in [-0.25, -0.2) is 4.68 Å². The second kappa shape index (κ2) is 9.44. The summed E-state index contributed by atoms with van der Waals surface area (Å²) in [6, 6.07) is 8.89. The number of fused-ring (bicyclic) bond motifs is 1. The molecule has 0 bridgehead atoms. The molecule has 0 spiro atoms. The predicted molar refractivity (Wildman–Crippen MR) is 131 cm³/mol. The summed E-state index contributed by atoms with van der Waals surface area (Å²) in [6.45, 7) is 0. The van der Waals surface area contributed by atoms with Crippen LogP contribution in [-0.2, 0) is 4.79 Å². The number of carbonyl (C=O) groups excluding carboxylic acids is 1. The van der Waals surface area contributed by atoms with Crippen molar-refractivity contribution in [2.24, 2.45) is 0 Å². The maximum absolute atomic E-state index is 13.8. The van der Waals surface area contributed by atoms with E-state index in [4.69, 9.17) is 23.7 Å². The zero-order valence-corrected chi connectivity index (χ0v) is 20.8. The lowest BCUT2D eigenvalue weighted by atomic mass is 9.77. The van der Waals surface area contributed by atoms with Crippen LogP contribution in [0.4, 0.5) is 5.95 Å². The third-order valence-electron chi connectivity index (χ3n) is 6.76. The molecule has 188 valence electrons. The smallest absolute Gasteiger partial charge is 0.226 e. The Balaban J connectivity index is 1.59. The molecule has 1 aromatic heterocycles. The first-order chi connectivity index (χ1) is 17.5. The molecule has 0 saturated carbocycles. The van der Waals surface area contributed by atoms with Crippen LogP contribution < -0.4 is 29.0 Å². The number of nitrogens with zero attached hydrogens (tertiary/aromatic N) is 3. The number of allylic oxidation sites excluding steroid dienone is 2. The number of hydrogen-bond acceptors (Lipinski definition) is 9. The largest absolute Gasteiger partial charge is 0.497 e. The van der Waals surface area contributed by atoms with Crippen LogP contribution in [0.2, 0.25) is 0 Å². The average Bonchev–Trinajstić information content (AvgIpc) is 3.38. The Bertz CT molecular complexity index is 1320. The summed E-state index contributed by atoms with van der Waals surface area (Å²) in [5, 5.41) is 7.77. The van der Waals surface area contributed by atoms with Crippen molar-refractivity contribution in [3.05, 3.63) is 59.1 Å². The zero-order valence-electron chi connectivity index (χ0n) is 20.8. The second-order valence-corrected chi connectivity index (χ2v) is 8.54. The number of hydrogen-bond donors (Lipinski definition) is 1. The van der Waals surface area contributed by atoms with Gasteiger partial charge < -0.3 is 29.0 Å². The van der Waals surface area contributed by atoms with Gasteiger partial charge in [0.2, 0.25) is 11.7 Å². The molecule has 5 rings (SSSR count). The van der Waals surface area contributed by atoms with Crippen molar-refractivity contribution < 1.29 is 28.5 Å². The number of nitrogens with one attached hydrogen (secondary N) is 1. The van der Waals surface area contributed by atoms with E-state index in [1.54, 1.807) is 46.3 Å². The van der Waals surface area contributed by atoms with E-state index >= 15 is 0 Å². The second-order valence-electron chi connectivity index (χ2n) is 8.54. The van der Waals surface area contributed by atoms with Crippen molar-refractivity contribution in [2.45, 2.75) is 24.8 Å². The van der Waals surface area contributed by atoms with Crippen molar-refractivity contribution in [1.29, 1.82) is 0 Å². The number of carbonyl (C=O) groups is 1. The van der Waals surface area contributed by atoms with Gasteiger partial charge in [-0.1, -0.05) is 0 Å². The number of rotatable bonds is 7. The van der Waals surface area contributed by atoms with E-state index in [2.05, 4.69) is 15.4 Å². The summed E-state index contributed by atoms with van der Waals surface area (Å²) >= 11 is 0. The van der Waals surface area contributed by atoms with Gasteiger partial charge in [-0.3, -0.25) is 4.79 Å². The predicted octanol–water partition coefficient (Wildman–Crippen LogP) is 3.74. The first-order valence-electron chi connectivity index (χ1n) is 11.5. The number of methoxy groups -OCH3 is 5. The van der Waals surface area contributed by atoms with E-state index in [0.717, 1.165) is 16.8 Å². The third-order valence-corrected chi connectivity index (χ3v) is 6.76. The highest BCUT2D eigenvalue weighted by Gasteiger charge is 2.40. The van der Waals surface area contributed by atoms with E-state index in [0.29, 0.717) is 53.1 Å². The molecule has 0 radical (unpaired) electrons. The first kappa shape index (κ1) is 23.5. The summed E-state index contributed by atoms with van der Waals surface area (Å²) in [5.74, 6) is 3.38. The molecule has 0 unspecified atom stereocenters. The summed E-state index contributed by atoms with van der Waals surface area (Å²) in [5.41, 5.74) is 3.20. The van der Waals surface area contributed by atoms with Crippen molar-refractivity contribution in [3.8, 4) is 28.7 Å². The number of ether oxygens (including phenoxy) is 5. The Morgan fingerprint density at radius 2 is 1.61 bits per heavy atom. The van der Waals surface area contributed by atoms with Crippen LogP contribution in [0.3, 0.4) is 0 Å². The standard InChI is InChI=1S/C26H28N4O6/c1-32-16-6-7-17(20(12-16)33-2)24-23-18(29-26-27-13-28-30(24)26)8-14(9-19(23)31)15-10-21(34-3)25(36-5)22(11-15)35-4/h6-7,10-14,24H,8-9H2,1-5H3,(H,27,28,29)/t14-,24+/m0/s1. The number of aromatic nitrogens is 3. The van der Waals surface area contributed by atoms with E-state index in [-0.39, 0.29) is 11.7 Å². The van der Waals surface area contributed by atoms with Crippen molar-refractivity contribution >= 4 is 11.7 Å². The third kappa shape index (κ3) is 3.78. The number of anilines is 1. The first-order valence-corrected chi connectivity index (χ1v) is 11.5. The number of ketones is 1. The molecule has 1 N–H and O–H groups in total. The molecule has 0 saturated heterocycles. The topological polar surface area (TPSA) is 106 Å². The van der Waals surface area contributed by atoms with Crippen LogP contribution in [0.1, 0.15) is 35.9 Å². The van der Waals surface area contributed by atoms with Crippen LogP contribution in [-0.4, -0.2) is 56.1 Å². The average molecular weight is 493 g/mol. The van der Waals surface area contributed by atoms with Gasteiger partial charge >= 0.3 is 0 Å². The minimum absolute atomic E-state index is 0.0199. The lowest BCUT2D eigenvalue weighted by Gasteiger charge is -2.35. The van der Waals surface area contributed by atoms with Gasteiger partial charge in [-0.15, -0.1) is 0 Å². The maximum Gasteiger partial charge on any atom is 0.226 e. The molecule has 1 aliphatic carbocycles. The van der Waals surface area contributed by atoms with E-state index < -0.39 is 6.04 Å². The van der Waals surface area contributed by atoms with Crippen LogP contribution >= 0.6 is 0 Å². The van der Waals surface area contributed by atoms with Crippen LogP contribution in [0.5, 0.6) is 28.7 Å². The highest BCUT2D eigenvalue weighted by Crippen LogP contribution is 2.48. The van der Waals surface area contributed by atoms with Crippen LogP contribution in [0, 0.1) is 0 Å². The highest BCUT2D eigenvalue weighted by atomic mass is 16.5. The Morgan fingerprint density at radius 1 is 0.889 bits per heavy atom. The van der Waals surface area contributed by atoms with Gasteiger partial charge in [0, 0.05) is 29.3 Å². The molecule has 0 amide bonds. The highest BCUT2D eigenvalue weighted by molar-refractivity contribution is 6.00. The zero-order chi connectivity index (χ0) is 25.4. The molecule has 2 aliphatic rings. The molecule has 10 nitrogen and oxygen atoms in total. The fraction of sp³-hybridized carbons (Fsp3) is 0.346. The van der Waals surface area contributed by atoms with E-state index in [1.807, 2.05) is 24.3 Å². The molecule has 3 aromatic rings. The summed E-state index contributed by atoms with van der Waals surface area (Å²) in [7, 11) is 7.92. The number of benzene rings is 2. The molecular weight excluding hydrogens is 464 g/mol. The molecule has 2 heterocycles. The minimum Gasteiger partial charge on any atom is -0.497 e. The van der Waals surface area contributed by atoms with Gasteiger partial charge in [-0.05, 0) is 42.2 Å². The van der Waals surface area contributed by atoms with Gasteiger partial charge in [0.15, 0.2) is 17.3 Å². The lowest BCUT2D eigenvalue weighted by molar-refractivity contribution is -0.116. The quantitative estimate of drug-likeness (QED) is 0.528. The van der Waals surface area contributed by atoms with Gasteiger partial charge in [0.25, 0.3) is 0 Å². The number of Topliss-reactive ketones (excluding diaryl/α,β-unsaturated/α-hetero) is 1. The van der Waals surface area contributed by atoms with Gasteiger partial charge in [0.1, 0.15) is 23.9 Å². The molecule has 2 aromatic carbocycles. The summed E-state index contributed by atoms with van der Waals surface area (Å²) in [6.07, 6.45) is 2.39. The summed E-state index contributed by atoms with van der Waals surface area (Å²) in [4.78, 5) is 18.2. The molecule has 1 aliphatic heterocycles. The Kier molecular flexibility index (Phi) is 6.17. The van der Waals surface area contributed by atoms with E-state index in [1.165, 1.54) is 6.33 Å². The van der Waals surface area contributed by atoms with Crippen LogP contribution in [0.15, 0.2) is 47.9 Å². The van der Waals surface area contributed by atoms with Gasteiger partial charge in [0.05, 0.1) is 35.5 Å². The van der Waals surface area contributed by atoms with Crippen molar-refractivity contribution in [2.75, 3.05) is 40.9 Å².